The number of nitrogens with zero attached hydrogens (tertiary/aromatic N) is 2. The molecule has 0 radical (unpaired) electrons. The second kappa shape index (κ2) is 9.73. The minimum absolute atomic E-state index is 0.00108. The summed E-state index contributed by atoms with van der Waals surface area (Å²) in [5.41, 5.74) is 11.8. The molecule has 0 saturated heterocycles. The van der Waals surface area contributed by atoms with Crippen molar-refractivity contribution < 1.29 is 0 Å². The van der Waals surface area contributed by atoms with Crippen molar-refractivity contribution in [3.8, 4) is 0 Å². The van der Waals surface area contributed by atoms with Crippen molar-refractivity contribution >= 4 is 11.6 Å². The number of aromatic nitrogens is 1. The van der Waals surface area contributed by atoms with Crippen LogP contribution in [0.3, 0.4) is 0 Å². The molecule has 0 amide bonds. The van der Waals surface area contributed by atoms with E-state index in [1.165, 1.54) is 11.1 Å². The van der Waals surface area contributed by atoms with Crippen molar-refractivity contribution in [2.45, 2.75) is 39.8 Å². The molecule has 29 heavy (non-hydrogen) atoms. The highest BCUT2D eigenvalue weighted by molar-refractivity contribution is 5.93. The number of nitrogens with one attached hydrogen (secondary N) is 1. The Balaban J connectivity index is 1.66. The summed E-state index contributed by atoms with van der Waals surface area (Å²) in [6, 6.07) is 19.6. The maximum atomic E-state index is 11.8. The molecule has 3 rings (SSSR count). The normalized spacial score (nSPS) is 11.4. The molecule has 0 unspecified atom stereocenters. The van der Waals surface area contributed by atoms with Crippen LogP contribution in [0.15, 0.2) is 76.6 Å². The molecule has 0 bridgehead atoms. The average Bonchev–Trinajstić information content (AvgIpc) is 2.75. The topological polar surface area (TPSA) is 72.4 Å². The van der Waals surface area contributed by atoms with Gasteiger partial charge in [-0.2, -0.15) is 0 Å². The predicted octanol–water partition coefficient (Wildman–Crippen LogP) is 3.95. The van der Waals surface area contributed by atoms with Gasteiger partial charge in [-0.25, -0.2) is 4.99 Å². The van der Waals surface area contributed by atoms with Crippen molar-refractivity contribution in [1.29, 1.82) is 0 Å². The number of hydrogen-bond acceptors (Lipinski definition) is 2. The standard InChI is InChI=1S/C24H28N4O/c1-3-20-8-7-9-21(4-2)23(20)27-24(25)26-16-18-11-13-19(14-12-18)17-28-15-6-5-10-22(28)29/h5-15H,3-4,16-17H2,1-2H3,(H3,25,26,27). The van der Waals surface area contributed by atoms with E-state index < -0.39 is 0 Å². The number of anilines is 1. The van der Waals surface area contributed by atoms with Crippen LogP contribution in [0.2, 0.25) is 0 Å². The first-order valence-corrected chi connectivity index (χ1v) is 10.0. The maximum absolute atomic E-state index is 11.8. The molecule has 1 heterocycles. The maximum Gasteiger partial charge on any atom is 0.250 e. The summed E-state index contributed by atoms with van der Waals surface area (Å²) in [5, 5.41) is 3.29. The Morgan fingerprint density at radius 1 is 0.931 bits per heavy atom. The minimum Gasteiger partial charge on any atom is -0.370 e. The SMILES string of the molecule is CCc1cccc(CC)c1NC(N)=NCc1ccc(Cn2ccccc2=O)cc1. The van der Waals surface area contributed by atoms with Crippen LogP contribution in [0, 0.1) is 0 Å². The second-order valence-electron chi connectivity index (χ2n) is 6.97. The number of pyridine rings is 1. The number of rotatable bonds is 7. The monoisotopic (exact) mass is 388 g/mol. The minimum atomic E-state index is -0.00108. The van der Waals surface area contributed by atoms with E-state index in [1.807, 2.05) is 30.3 Å². The van der Waals surface area contributed by atoms with E-state index in [9.17, 15) is 4.79 Å². The first-order valence-electron chi connectivity index (χ1n) is 10.0. The van der Waals surface area contributed by atoms with Gasteiger partial charge in [0.15, 0.2) is 5.96 Å². The molecule has 0 fully saturated rings. The van der Waals surface area contributed by atoms with E-state index in [0.717, 1.165) is 29.7 Å². The van der Waals surface area contributed by atoms with Crippen molar-refractivity contribution in [2.75, 3.05) is 5.32 Å². The third kappa shape index (κ3) is 5.35. The number of aliphatic imine (C=N–C) groups is 1. The van der Waals surface area contributed by atoms with Crippen LogP contribution in [0.1, 0.15) is 36.1 Å². The van der Waals surface area contributed by atoms with Gasteiger partial charge in [0.1, 0.15) is 0 Å². The third-order valence-electron chi connectivity index (χ3n) is 4.96. The molecule has 0 spiro atoms. The lowest BCUT2D eigenvalue weighted by Crippen LogP contribution is -2.24. The first-order chi connectivity index (χ1) is 14.1. The number of para-hydroxylation sites is 1. The fraction of sp³-hybridized carbons (Fsp3) is 0.250. The number of aryl methyl sites for hydroxylation is 2. The van der Waals surface area contributed by atoms with Crippen LogP contribution in [0.25, 0.3) is 0 Å². The summed E-state index contributed by atoms with van der Waals surface area (Å²) in [7, 11) is 0. The van der Waals surface area contributed by atoms with Gasteiger partial charge in [-0.1, -0.05) is 62.4 Å². The molecule has 3 aromatic rings. The molecule has 0 atom stereocenters. The molecule has 0 aliphatic rings. The van der Waals surface area contributed by atoms with Gasteiger partial charge in [0.25, 0.3) is 5.56 Å². The lowest BCUT2D eigenvalue weighted by Gasteiger charge is -2.14. The van der Waals surface area contributed by atoms with Crippen LogP contribution in [0.5, 0.6) is 0 Å². The molecule has 0 aliphatic carbocycles. The fourth-order valence-electron chi connectivity index (χ4n) is 3.29. The summed E-state index contributed by atoms with van der Waals surface area (Å²) in [6.07, 6.45) is 3.68. The molecule has 3 N–H and O–H groups in total. The second-order valence-corrected chi connectivity index (χ2v) is 6.97. The highest BCUT2D eigenvalue weighted by atomic mass is 16.1. The molecular weight excluding hydrogens is 360 g/mol. The van der Waals surface area contributed by atoms with E-state index in [4.69, 9.17) is 5.73 Å². The van der Waals surface area contributed by atoms with E-state index >= 15 is 0 Å². The van der Waals surface area contributed by atoms with Crippen LogP contribution >= 0.6 is 0 Å². The largest absolute Gasteiger partial charge is 0.370 e. The number of nitrogens with two attached hydrogens (primary N) is 1. The lowest BCUT2D eigenvalue weighted by molar-refractivity contribution is 0.759. The molecule has 5 nitrogen and oxygen atoms in total. The Labute approximate surface area is 171 Å². The Morgan fingerprint density at radius 2 is 1.59 bits per heavy atom. The fourth-order valence-corrected chi connectivity index (χ4v) is 3.29. The van der Waals surface area contributed by atoms with Crippen LogP contribution in [-0.4, -0.2) is 10.5 Å². The summed E-state index contributed by atoms with van der Waals surface area (Å²) < 4.78 is 1.69. The highest BCUT2D eigenvalue weighted by Gasteiger charge is 2.07. The molecule has 2 aromatic carbocycles. The van der Waals surface area contributed by atoms with Gasteiger partial charge in [-0.15, -0.1) is 0 Å². The van der Waals surface area contributed by atoms with E-state index in [1.54, 1.807) is 22.9 Å². The molecule has 5 heteroatoms. The average molecular weight is 389 g/mol. The van der Waals surface area contributed by atoms with Gasteiger partial charge >= 0.3 is 0 Å². The van der Waals surface area contributed by atoms with Crippen LogP contribution in [-0.2, 0) is 25.9 Å². The predicted molar refractivity (Wildman–Crippen MR) is 120 cm³/mol. The highest BCUT2D eigenvalue weighted by Crippen LogP contribution is 2.22. The van der Waals surface area contributed by atoms with Crippen LogP contribution in [0.4, 0.5) is 5.69 Å². The Kier molecular flexibility index (Phi) is 6.85. The molecule has 0 saturated carbocycles. The van der Waals surface area contributed by atoms with Gasteiger partial charge in [0.2, 0.25) is 0 Å². The van der Waals surface area contributed by atoms with E-state index in [-0.39, 0.29) is 5.56 Å². The van der Waals surface area contributed by atoms with Crippen molar-refractivity contribution in [1.82, 2.24) is 4.57 Å². The van der Waals surface area contributed by atoms with Crippen molar-refractivity contribution in [2.24, 2.45) is 10.7 Å². The van der Waals surface area contributed by atoms with Gasteiger partial charge in [-0.3, -0.25) is 4.79 Å². The molecule has 0 aliphatic heterocycles. The molecule has 150 valence electrons. The molecule has 1 aromatic heterocycles. The quantitative estimate of drug-likeness (QED) is 0.475. The van der Waals surface area contributed by atoms with E-state index in [0.29, 0.717) is 19.0 Å². The number of guanidine groups is 1. The van der Waals surface area contributed by atoms with Crippen molar-refractivity contribution in [3.05, 3.63) is 99.5 Å². The van der Waals surface area contributed by atoms with Gasteiger partial charge in [0.05, 0.1) is 13.1 Å². The van der Waals surface area contributed by atoms with Gasteiger partial charge in [0, 0.05) is 18.0 Å². The van der Waals surface area contributed by atoms with Crippen LogP contribution < -0.4 is 16.6 Å². The number of benzene rings is 2. The Hall–Kier alpha value is -3.34. The van der Waals surface area contributed by atoms with E-state index in [2.05, 4.69) is 42.4 Å². The lowest BCUT2D eigenvalue weighted by atomic mass is 10.0. The van der Waals surface area contributed by atoms with Crippen molar-refractivity contribution in [3.63, 3.8) is 0 Å². The zero-order valence-electron chi connectivity index (χ0n) is 17.1. The smallest absolute Gasteiger partial charge is 0.250 e. The summed E-state index contributed by atoms with van der Waals surface area (Å²) in [6.45, 7) is 5.33. The summed E-state index contributed by atoms with van der Waals surface area (Å²) in [4.78, 5) is 16.3. The zero-order chi connectivity index (χ0) is 20.6. The summed E-state index contributed by atoms with van der Waals surface area (Å²) >= 11 is 0. The Bertz CT molecular complexity index is 1010. The Morgan fingerprint density at radius 3 is 2.21 bits per heavy atom. The third-order valence-corrected chi connectivity index (χ3v) is 4.96. The zero-order valence-corrected chi connectivity index (χ0v) is 17.1. The first kappa shape index (κ1) is 20.4. The number of hydrogen-bond donors (Lipinski definition) is 2. The van der Waals surface area contributed by atoms with Gasteiger partial charge < -0.3 is 15.6 Å². The summed E-state index contributed by atoms with van der Waals surface area (Å²) in [5.74, 6) is 0.417. The van der Waals surface area contributed by atoms with Gasteiger partial charge in [-0.05, 0) is 41.2 Å². The molecular formula is C24H28N4O.